The molecule has 0 radical (unpaired) electrons. The highest BCUT2D eigenvalue weighted by Gasteiger charge is 2.24. The van der Waals surface area contributed by atoms with Crippen LogP contribution in [0.25, 0.3) is 5.65 Å². The van der Waals surface area contributed by atoms with Crippen molar-refractivity contribution in [2.75, 3.05) is 13.1 Å². The number of rotatable bonds is 6. The van der Waals surface area contributed by atoms with E-state index in [1.54, 1.807) is 11.8 Å². The number of thioether (sulfide) groups is 1. The maximum absolute atomic E-state index is 13.0. The van der Waals surface area contributed by atoms with Gasteiger partial charge in [0.05, 0.1) is 5.69 Å². The topological polar surface area (TPSA) is 66.7 Å². The number of fused-ring (bicyclic) bond motifs is 1. The number of carbonyl (C=O) groups excluding carboxylic acids is 2. The van der Waals surface area contributed by atoms with E-state index in [4.69, 9.17) is 0 Å². The molecular weight excluding hydrogens is 444 g/mol. The zero-order chi connectivity index (χ0) is 23.3. The first kappa shape index (κ1) is 22.2. The average molecular weight is 471 g/mol. The lowest BCUT2D eigenvalue weighted by molar-refractivity contribution is 0.0698. The van der Waals surface area contributed by atoms with Gasteiger partial charge in [0.25, 0.3) is 11.8 Å². The van der Waals surface area contributed by atoms with Gasteiger partial charge in [-0.1, -0.05) is 24.3 Å². The minimum absolute atomic E-state index is 0.0461. The minimum atomic E-state index is -0.0536. The smallest absolute Gasteiger partial charge is 0.253 e. The first-order valence-corrected chi connectivity index (χ1v) is 12.4. The lowest BCUT2D eigenvalue weighted by Crippen LogP contribution is -2.46. The molecule has 3 heterocycles. The molecule has 34 heavy (non-hydrogen) atoms. The maximum Gasteiger partial charge on any atom is 0.253 e. The number of carbonyl (C=O) groups is 2. The summed E-state index contributed by atoms with van der Waals surface area (Å²) in [5.41, 5.74) is 3.34. The highest BCUT2D eigenvalue weighted by atomic mass is 32.2. The van der Waals surface area contributed by atoms with E-state index in [9.17, 15) is 9.59 Å². The summed E-state index contributed by atoms with van der Waals surface area (Å²) >= 11 is 1.71. The molecule has 0 aliphatic carbocycles. The maximum atomic E-state index is 13.0. The number of hydrogen-bond acceptors (Lipinski definition) is 4. The van der Waals surface area contributed by atoms with Crippen LogP contribution in [0.4, 0.5) is 0 Å². The van der Waals surface area contributed by atoms with Crippen LogP contribution in [0.2, 0.25) is 0 Å². The summed E-state index contributed by atoms with van der Waals surface area (Å²) in [6.45, 7) is 1.28. The molecule has 1 aliphatic heterocycles. The zero-order valence-electron chi connectivity index (χ0n) is 18.8. The quantitative estimate of drug-likeness (QED) is 0.416. The number of aromatic nitrogens is 2. The third-order valence-electron chi connectivity index (χ3n) is 6.06. The monoisotopic (exact) mass is 470 g/mol. The molecule has 1 aliphatic rings. The van der Waals surface area contributed by atoms with Crippen molar-refractivity contribution >= 4 is 29.2 Å². The molecule has 0 unspecified atom stereocenters. The van der Waals surface area contributed by atoms with Gasteiger partial charge in [0.1, 0.15) is 5.65 Å². The number of benzene rings is 2. The van der Waals surface area contributed by atoms with Gasteiger partial charge in [-0.25, -0.2) is 4.98 Å². The van der Waals surface area contributed by atoms with Crippen LogP contribution < -0.4 is 5.32 Å². The fraction of sp³-hybridized carbons (Fsp3) is 0.222. The van der Waals surface area contributed by atoms with Gasteiger partial charge in [-0.2, -0.15) is 0 Å². The molecule has 7 heteroatoms. The standard InChI is InChI=1S/C27H26N4O2S/c32-26(20-6-2-1-3-7-20)29-22-13-16-30(17-14-22)27(33)21-9-11-24(12-10-21)34-19-23-18-31-15-5-4-8-25(31)28-23/h1-12,15,18,22H,13-14,16-17,19H2,(H,29,32). The number of piperidine rings is 1. The molecule has 5 rings (SSSR count). The Balaban J connectivity index is 1.11. The molecule has 1 N–H and O–H groups in total. The largest absolute Gasteiger partial charge is 0.349 e. The van der Waals surface area contributed by atoms with E-state index in [-0.39, 0.29) is 17.9 Å². The number of likely N-dealkylation sites (tertiary alicyclic amines) is 1. The van der Waals surface area contributed by atoms with Crippen molar-refractivity contribution in [1.29, 1.82) is 0 Å². The average Bonchev–Trinajstić information content (AvgIpc) is 3.31. The van der Waals surface area contributed by atoms with Crippen molar-refractivity contribution in [2.24, 2.45) is 0 Å². The van der Waals surface area contributed by atoms with Crippen LogP contribution in [0.5, 0.6) is 0 Å². The second-order valence-electron chi connectivity index (χ2n) is 8.42. The Hall–Kier alpha value is -3.58. The predicted octanol–water partition coefficient (Wildman–Crippen LogP) is 4.66. The van der Waals surface area contributed by atoms with Gasteiger partial charge in [-0.05, 0) is 61.4 Å². The SMILES string of the molecule is O=C(NC1CCN(C(=O)c2ccc(SCc3cn4ccccc4n3)cc2)CC1)c1ccccc1. The lowest BCUT2D eigenvalue weighted by Gasteiger charge is -2.32. The Morgan fingerprint density at radius 3 is 2.38 bits per heavy atom. The van der Waals surface area contributed by atoms with Crippen LogP contribution in [0.15, 0.2) is 90.1 Å². The second-order valence-corrected chi connectivity index (χ2v) is 9.47. The van der Waals surface area contributed by atoms with Gasteiger partial charge in [-0.3, -0.25) is 9.59 Å². The fourth-order valence-corrected chi connectivity index (χ4v) is 4.96. The normalized spacial score (nSPS) is 14.3. The lowest BCUT2D eigenvalue weighted by atomic mass is 10.0. The predicted molar refractivity (Wildman–Crippen MR) is 134 cm³/mol. The van der Waals surface area contributed by atoms with Gasteiger partial charge in [-0.15, -0.1) is 11.8 Å². The summed E-state index contributed by atoms with van der Waals surface area (Å²) in [6, 6.07) is 23.1. The number of nitrogens with zero attached hydrogens (tertiary/aromatic N) is 3. The molecule has 0 bridgehead atoms. The Morgan fingerprint density at radius 1 is 0.912 bits per heavy atom. The van der Waals surface area contributed by atoms with E-state index < -0.39 is 0 Å². The van der Waals surface area contributed by atoms with E-state index in [1.165, 1.54) is 0 Å². The number of pyridine rings is 1. The molecular formula is C27H26N4O2S. The molecule has 0 atom stereocenters. The molecule has 2 aromatic heterocycles. The molecule has 2 aromatic carbocycles. The minimum Gasteiger partial charge on any atom is -0.349 e. The van der Waals surface area contributed by atoms with Crippen molar-refractivity contribution in [2.45, 2.75) is 29.5 Å². The summed E-state index contributed by atoms with van der Waals surface area (Å²) in [5.74, 6) is 0.767. The molecule has 1 fully saturated rings. The first-order valence-electron chi connectivity index (χ1n) is 11.5. The van der Waals surface area contributed by atoms with Crippen molar-refractivity contribution < 1.29 is 9.59 Å². The third-order valence-corrected chi connectivity index (χ3v) is 7.10. The molecule has 1 saturated heterocycles. The molecule has 6 nitrogen and oxygen atoms in total. The van der Waals surface area contributed by atoms with Gasteiger partial charge < -0.3 is 14.6 Å². The summed E-state index contributed by atoms with van der Waals surface area (Å²) in [7, 11) is 0. The molecule has 0 spiro atoms. The molecule has 2 amide bonds. The van der Waals surface area contributed by atoms with E-state index in [2.05, 4.69) is 10.3 Å². The molecule has 4 aromatic rings. The second kappa shape index (κ2) is 10.1. The highest BCUT2D eigenvalue weighted by molar-refractivity contribution is 7.98. The highest BCUT2D eigenvalue weighted by Crippen LogP contribution is 2.24. The number of amides is 2. The summed E-state index contributed by atoms with van der Waals surface area (Å²) in [4.78, 5) is 32.9. The number of nitrogens with one attached hydrogen (secondary N) is 1. The summed E-state index contributed by atoms with van der Waals surface area (Å²) < 4.78 is 2.02. The third kappa shape index (κ3) is 5.15. The van der Waals surface area contributed by atoms with Crippen LogP contribution in [-0.4, -0.2) is 45.2 Å². The fourth-order valence-electron chi connectivity index (χ4n) is 4.18. The van der Waals surface area contributed by atoms with Crippen LogP contribution >= 0.6 is 11.8 Å². The summed E-state index contributed by atoms with van der Waals surface area (Å²) in [5, 5.41) is 3.09. The Kier molecular flexibility index (Phi) is 6.62. The molecule has 0 saturated carbocycles. The molecule has 172 valence electrons. The van der Waals surface area contributed by atoms with E-state index >= 15 is 0 Å². The van der Waals surface area contributed by atoms with E-state index in [0.29, 0.717) is 24.2 Å². The van der Waals surface area contributed by atoms with Crippen LogP contribution in [-0.2, 0) is 5.75 Å². The Labute approximate surface area is 203 Å². The Morgan fingerprint density at radius 2 is 1.65 bits per heavy atom. The van der Waals surface area contributed by atoms with Crippen molar-refractivity contribution in [3.63, 3.8) is 0 Å². The van der Waals surface area contributed by atoms with Gasteiger partial charge in [0, 0.05) is 53.3 Å². The van der Waals surface area contributed by atoms with Crippen molar-refractivity contribution in [1.82, 2.24) is 19.6 Å². The van der Waals surface area contributed by atoms with Crippen LogP contribution in [0.1, 0.15) is 39.3 Å². The first-order chi connectivity index (χ1) is 16.7. The summed E-state index contributed by atoms with van der Waals surface area (Å²) in [6.07, 6.45) is 5.57. The van der Waals surface area contributed by atoms with E-state index in [1.807, 2.05) is 94.5 Å². The van der Waals surface area contributed by atoms with Crippen LogP contribution in [0, 0.1) is 0 Å². The zero-order valence-corrected chi connectivity index (χ0v) is 19.6. The number of hydrogen-bond donors (Lipinski definition) is 1. The Bertz CT molecular complexity index is 1250. The van der Waals surface area contributed by atoms with E-state index in [0.717, 1.165) is 34.8 Å². The van der Waals surface area contributed by atoms with Crippen molar-refractivity contribution in [3.8, 4) is 0 Å². The van der Waals surface area contributed by atoms with Crippen molar-refractivity contribution in [3.05, 3.63) is 102 Å². The van der Waals surface area contributed by atoms with Gasteiger partial charge >= 0.3 is 0 Å². The van der Waals surface area contributed by atoms with Crippen LogP contribution in [0.3, 0.4) is 0 Å². The van der Waals surface area contributed by atoms with Gasteiger partial charge in [0.2, 0.25) is 0 Å². The van der Waals surface area contributed by atoms with Gasteiger partial charge in [0.15, 0.2) is 0 Å². The number of imidazole rings is 1.